The molecule has 0 aliphatic heterocycles. The third-order valence-corrected chi connectivity index (χ3v) is 4.17. The zero-order valence-corrected chi connectivity index (χ0v) is 15.1. The van der Waals surface area contributed by atoms with Gasteiger partial charge in [-0.1, -0.05) is 26.0 Å². The Labute approximate surface area is 145 Å². The van der Waals surface area contributed by atoms with E-state index in [-0.39, 0.29) is 36.3 Å². The van der Waals surface area contributed by atoms with Crippen molar-refractivity contribution in [2.75, 3.05) is 6.61 Å². The van der Waals surface area contributed by atoms with E-state index in [0.717, 1.165) is 30.6 Å². The van der Waals surface area contributed by atoms with Crippen molar-refractivity contribution in [2.45, 2.75) is 52.1 Å². The van der Waals surface area contributed by atoms with Crippen LogP contribution in [0.25, 0.3) is 0 Å². The highest BCUT2D eigenvalue weighted by molar-refractivity contribution is 5.85. The van der Waals surface area contributed by atoms with Crippen molar-refractivity contribution in [1.29, 1.82) is 0 Å². The Kier molecular flexibility index (Phi) is 7.86. The Balaban J connectivity index is 0.00000264. The first-order chi connectivity index (χ1) is 10.5. The lowest BCUT2D eigenvalue weighted by Gasteiger charge is -2.18. The molecule has 1 fully saturated rings. The number of ether oxygens (including phenoxy) is 1. The minimum Gasteiger partial charge on any atom is -0.493 e. The molecule has 1 aromatic rings. The molecule has 23 heavy (non-hydrogen) atoms. The second-order valence-corrected chi connectivity index (χ2v) is 6.77. The van der Waals surface area contributed by atoms with Crippen LogP contribution < -0.4 is 15.8 Å². The van der Waals surface area contributed by atoms with Crippen LogP contribution in [-0.2, 0) is 4.79 Å². The van der Waals surface area contributed by atoms with Crippen molar-refractivity contribution >= 4 is 18.3 Å². The van der Waals surface area contributed by atoms with Crippen LogP contribution >= 0.6 is 12.4 Å². The van der Waals surface area contributed by atoms with Gasteiger partial charge in [0.2, 0.25) is 5.91 Å². The molecule has 130 valence electrons. The maximum Gasteiger partial charge on any atom is 0.223 e. The molecule has 2 rings (SSSR count). The highest BCUT2D eigenvalue weighted by atomic mass is 35.5. The molecular formula is C18H29ClN2O2. The number of carbonyl (C=O) groups excluding carboxylic acids is 1. The highest BCUT2D eigenvalue weighted by Crippen LogP contribution is 2.25. The number of benzene rings is 1. The Morgan fingerprint density at radius 2 is 1.91 bits per heavy atom. The highest BCUT2D eigenvalue weighted by Gasteiger charge is 2.28. The first-order valence-electron chi connectivity index (χ1n) is 8.24. The monoisotopic (exact) mass is 340 g/mol. The van der Waals surface area contributed by atoms with E-state index in [2.05, 4.69) is 19.2 Å². The largest absolute Gasteiger partial charge is 0.493 e. The number of hydrogen-bond acceptors (Lipinski definition) is 3. The van der Waals surface area contributed by atoms with Gasteiger partial charge < -0.3 is 15.8 Å². The standard InChI is InChI=1S/C18H28N2O2.ClH/c1-12(2)11-22-17-8-5-14(6-9-17)13(3)20-18(21)15-4-7-16(19)10-15;/h5-6,8-9,12-13,15-16H,4,7,10-11,19H2,1-3H3,(H,20,21);1H. The van der Waals surface area contributed by atoms with Crippen molar-refractivity contribution in [3.63, 3.8) is 0 Å². The van der Waals surface area contributed by atoms with Gasteiger partial charge >= 0.3 is 0 Å². The zero-order valence-electron chi connectivity index (χ0n) is 14.2. The molecule has 1 aromatic carbocycles. The van der Waals surface area contributed by atoms with Crippen LogP contribution in [0.4, 0.5) is 0 Å². The number of nitrogens with one attached hydrogen (secondary N) is 1. The second-order valence-electron chi connectivity index (χ2n) is 6.77. The van der Waals surface area contributed by atoms with E-state index in [4.69, 9.17) is 10.5 Å². The van der Waals surface area contributed by atoms with Crippen LogP contribution in [0.15, 0.2) is 24.3 Å². The molecule has 0 bridgehead atoms. The van der Waals surface area contributed by atoms with Crippen molar-refractivity contribution in [3.05, 3.63) is 29.8 Å². The number of amides is 1. The quantitative estimate of drug-likeness (QED) is 0.833. The summed E-state index contributed by atoms with van der Waals surface area (Å²) in [6.07, 6.45) is 2.66. The van der Waals surface area contributed by atoms with Gasteiger partial charge in [-0.05, 0) is 49.8 Å². The van der Waals surface area contributed by atoms with Crippen LogP contribution in [0.2, 0.25) is 0 Å². The second kappa shape index (κ2) is 9.14. The molecule has 0 radical (unpaired) electrons. The van der Waals surface area contributed by atoms with E-state index in [0.29, 0.717) is 12.5 Å². The van der Waals surface area contributed by atoms with Gasteiger partial charge in [0.25, 0.3) is 0 Å². The summed E-state index contributed by atoms with van der Waals surface area (Å²) in [6, 6.07) is 8.14. The summed E-state index contributed by atoms with van der Waals surface area (Å²) in [7, 11) is 0. The zero-order chi connectivity index (χ0) is 16.1. The van der Waals surface area contributed by atoms with E-state index in [1.807, 2.05) is 31.2 Å². The predicted molar refractivity (Wildman–Crippen MR) is 95.9 cm³/mol. The lowest BCUT2D eigenvalue weighted by Crippen LogP contribution is -2.32. The Morgan fingerprint density at radius 3 is 2.43 bits per heavy atom. The third kappa shape index (κ3) is 6.04. The summed E-state index contributed by atoms with van der Waals surface area (Å²) < 4.78 is 5.68. The van der Waals surface area contributed by atoms with Crippen molar-refractivity contribution in [2.24, 2.45) is 17.6 Å². The molecule has 1 aliphatic rings. The lowest BCUT2D eigenvalue weighted by molar-refractivity contribution is -0.125. The van der Waals surface area contributed by atoms with Gasteiger partial charge in [-0.15, -0.1) is 12.4 Å². The number of halogens is 1. The Morgan fingerprint density at radius 1 is 1.26 bits per heavy atom. The first-order valence-corrected chi connectivity index (χ1v) is 8.24. The SMILES string of the molecule is CC(C)COc1ccc(C(C)NC(=O)C2CCC(N)C2)cc1.Cl. The summed E-state index contributed by atoms with van der Waals surface area (Å²) in [4.78, 5) is 12.2. The average Bonchev–Trinajstić information content (AvgIpc) is 2.92. The first kappa shape index (κ1) is 19.8. The van der Waals surface area contributed by atoms with Crippen LogP contribution in [0.1, 0.15) is 51.6 Å². The van der Waals surface area contributed by atoms with Gasteiger partial charge in [0.1, 0.15) is 5.75 Å². The van der Waals surface area contributed by atoms with E-state index in [1.165, 1.54) is 0 Å². The van der Waals surface area contributed by atoms with Crippen molar-refractivity contribution in [1.82, 2.24) is 5.32 Å². The molecule has 0 aromatic heterocycles. The molecule has 0 heterocycles. The molecule has 1 amide bonds. The summed E-state index contributed by atoms with van der Waals surface area (Å²) in [5, 5.41) is 3.09. The van der Waals surface area contributed by atoms with Crippen LogP contribution in [0.5, 0.6) is 5.75 Å². The van der Waals surface area contributed by atoms with E-state index >= 15 is 0 Å². The number of carbonyl (C=O) groups is 1. The minimum absolute atomic E-state index is 0. The van der Waals surface area contributed by atoms with Crippen LogP contribution in [-0.4, -0.2) is 18.6 Å². The van der Waals surface area contributed by atoms with Gasteiger partial charge in [-0.25, -0.2) is 0 Å². The molecule has 4 nitrogen and oxygen atoms in total. The van der Waals surface area contributed by atoms with E-state index in [1.54, 1.807) is 0 Å². The summed E-state index contributed by atoms with van der Waals surface area (Å²) in [5.74, 6) is 1.58. The molecular weight excluding hydrogens is 312 g/mol. The summed E-state index contributed by atoms with van der Waals surface area (Å²) >= 11 is 0. The van der Waals surface area contributed by atoms with Crippen LogP contribution in [0, 0.1) is 11.8 Å². The van der Waals surface area contributed by atoms with Gasteiger partial charge in [-0.2, -0.15) is 0 Å². The molecule has 5 heteroatoms. The van der Waals surface area contributed by atoms with Gasteiger partial charge in [0.05, 0.1) is 12.6 Å². The van der Waals surface area contributed by atoms with Gasteiger partial charge in [0.15, 0.2) is 0 Å². The minimum atomic E-state index is 0. The molecule has 1 aliphatic carbocycles. The van der Waals surface area contributed by atoms with Crippen LogP contribution in [0.3, 0.4) is 0 Å². The normalized spacial score (nSPS) is 21.6. The third-order valence-electron chi connectivity index (χ3n) is 4.17. The van der Waals surface area contributed by atoms with E-state index < -0.39 is 0 Å². The topological polar surface area (TPSA) is 64.3 Å². The maximum absolute atomic E-state index is 12.2. The average molecular weight is 341 g/mol. The predicted octanol–water partition coefficient (Wildman–Crippen LogP) is 3.45. The molecule has 1 saturated carbocycles. The fourth-order valence-electron chi connectivity index (χ4n) is 2.78. The molecule has 3 N–H and O–H groups in total. The molecule has 3 unspecified atom stereocenters. The Bertz CT molecular complexity index is 490. The summed E-state index contributed by atoms with van der Waals surface area (Å²) in [5.41, 5.74) is 6.97. The van der Waals surface area contributed by atoms with Gasteiger partial charge in [-0.3, -0.25) is 4.79 Å². The molecule has 3 atom stereocenters. The van der Waals surface area contributed by atoms with Gasteiger partial charge in [0, 0.05) is 12.0 Å². The lowest BCUT2D eigenvalue weighted by atomic mass is 10.0. The molecule has 0 spiro atoms. The van der Waals surface area contributed by atoms with Crippen molar-refractivity contribution in [3.8, 4) is 5.75 Å². The smallest absolute Gasteiger partial charge is 0.223 e. The maximum atomic E-state index is 12.2. The summed E-state index contributed by atoms with van der Waals surface area (Å²) in [6.45, 7) is 6.98. The number of hydrogen-bond donors (Lipinski definition) is 2. The molecule has 0 saturated heterocycles. The fourth-order valence-corrected chi connectivity index (χ4v) is 2.78. The number of rotatable bonds is 6. The fraction of sp³-hybridized carbons (Fsp3) is 0.611. The number of nitrogens with two attached hydrogens (primary N) is 1. The van der Waals surface area contributed by atoms with Crippen molar-refractivity contribution < 1.29 is 9.53 Å². The Hall–Kier alpha value is -1.26. The van der Waals surface area contributed by atoms with E-state index in [9.17, 15) is 4.79 Å².